The van der Waals surface area contributed by atoms with Gasteiger partial charge in [0.25, 0.3) is 5.91 Å². The molecule has 1 heterocycles. The predicted molar refractivity (Wildman–Crippen MR) is 121 cm³/mol. The van der Waals surface area contributed by atoms with Crippen LogP contribution in [0.25, 0.3) is 0 Å². The van der Waals surface area contributed by atoms with Gasteiger partial charge in [-0.3, -0.25) is 9.69 Å². The van der Waals surface area contributed by atoms with Gasteiger partial charge >= 0.3 is 12.0 Å². The fourth-order valence-corrected chi connectivity index (χ4v) is 5.50. The average molecular weight is 435 g/mol. The van der Waals surface area contributed by atoms with Crippen molar-refractivity contribution in [1.82, 2.24) is 10.2 Å². The van der Waals surface area contributed by atoms with Gasteiger partial charge in [0.1, 0.15) is 17.8 Å². The quantitative estimate of drug-likeness (QED) is 0.432. The van der Waals surface area contributed by atoms with Crippen molar-refractivity contribution in [1.29, 1.82) is 0 Å². The number of para-hydroxylation sites is 1. The first-order chi connectivity index (χ1) is 15.2. The number of hydrogen-bond donors (Lipinski definition) is 1. The smallest absolute Gasteiger partial charge is 0.331 e. The summed E-state index contributed by atoms with van der Waals surface area (Å²) in [4.78, 5) is 39.7. The zero-order valence-electron chi connectivity index (χ0n) is 18.9. The first-order valence-electron chi connectivity index (χ1n) is 11.1. The zero-order chi connectivity index (χ0) is 22.9. The van der Waals surface area contributed by atoms with Crippen LogP contribution in [-0.2, 0) is 16.0 Å². The molecule has 1 aliphatic heterocycles. The predicted octanol–water partition coefficient (Wildman–Crippen LogP) is 4.32. The lowest BCUT2D eigenvalue weighted by Gasteiger charge is -2.43. The molecule has 2 atom stereocenters. The fraction of sp³-hybridized carbons (Fsp3) is 0.423. The first kappa shape index (κ1) is 22.1. The van der Waals surface area contributed by atoms with Crippen molar-refractivity contribution in [2.24, 2.45) is 11.3 Å². The first-order valence-corrected chi connectivity index (χ1v) is 11.1. The molecule has 1 saturated heterocycles. The minimum atomic E-state index is -0.927. The summed E-state index contributed by atoms with van der Waals surface area (Å²) in [6, 6.07) is 16.7. The minimum absolute atomic E-state index is 0.0620. The van der Waals surface area contributed by atoms with Gasteiger partial charge in [-0.05, 0) is 47.8 Å². The van der Waals surface area contributed by atoms with E-state index in [1.54, 1.807) is 12.1 Å². The number of urea groups is 1. The largest absolute Gasteiger partial charge is 0.425 e. The fourth-order valence-electron chi connectivity index (χ4n) is 5.50. The van der Waals surface area contributed by atoms with Crippen LogP contribution in [0, 0.1) is 11.3 Å². The van der Waals surface area contributed by atoms with E-state index >= 15 is 0 Å². The molecule has 2 aliphatic rings. The van der Waals surface area contributed by atoms with Gasteiger partial charge in [0.15, 0.2) is 0 Å². The summed E-state index contributed by atoms with van der Waals surface area (Å²) in [5, 5.41) is 2.90. The molecule has 0 bridgehead atoms. The van der Waals surface area contributed by atoms with E-state index in [1.807, 2.05) is 42.5 Å². The number of ether oxygens (including phenoxy) is 1. The molecule has 6 nitrogen and oxygen atoms in total. The van der Waals surface area contributed by atoms with Gasteiger partial charge in [0, 0.05) is 6.42 Å². The Labute approximate surface area is 188 Å². The normalized spacial score (nSPS) is 24.5. The lowest BCUT2D eigenvalue weighted by molar-refractivity contribution is -0.142. The number of imide groups is 1. The minimum Gasteiger partial charge on any atom is -0.425 e. The van der Waals surface area contributed by atoms with Crippen LogP contribution in [0.15, 0.2) is 54.6 Å². The zero-order valence-corrected chi connectivity index (χ0v) is 18.9. The lowest BCUT2D eigenvalue weighted by atomic mass is 9.64. The monoisotopic (exact) mass is 434 g/mol. The van der Waals surface area contributed by atoms with Gasteiger partial charge in [-0.25, -0.2) is 9.59 Å². The summed E-state index contributed by atoms with van der Waals surface area (Å²) >= 11 is 0. The molecule has 1 spiro atoms. The van der Waals surface area contributed by atoms with Crippen molar-refractivity contribution in [3.8, 4) is 5.75 Å². The van der Waals surface area contributed by atoms with Gasteiger partial charge in [0.2, 0.25) is 0 Å². The summed E-state index contributed by atoms with van der Waals surface area (Å²) in [6.07, 6.45) is 2.77. The second-order valence-corrected chi connectivity index (χ2v) is 10.0. The van der Waals surface area contributed by atoms with Gasteiger partial charge in [-0.15, -0.1) is 0 Å². The molecule has 0 radical (unpaired) electrons. The molecule has 2 aromatic rings. The summed E-state index contributed by atoms with van der Waals surface area (Å²) in [5.74, 6) is -0.207. The van der Waals surface area contributed by atoms with E-state index in [-0.39, 0.29) is 11.3 Å². The molecule has 6 heteroatoms. The van der Waals surface area contributed by atoms with Crippen molar-refractivity contribution < 1.29 is 19.1 Å². The molecule has 32 heavy (non-hydrogen) atoms. The molecule has 168 valence electrons. The SMILES string of the molecule is CC1CC(C)(C)CC2(C1)NC(=O)N(CC(=O)Oc1ccccc1Cc1ccccc1)C2=O. The van der Waals surface area contributed by atoms with Crippen LogP contribution in [0.2, 0.25) is 0 Å². The highest BCUT2D eigenvalue weighted by molar-refractivity contribution is 6.08. The Morgan fingerprint density at radius 3 is 2.47 bits per heavy atom. The molecule has 3 amide bonds. The number of hydrogen-bond acceptors (Lipinski definition) is 4. The molecular weight excluding hydrogens is 404 g/mol. The number of rotatable bonds is 5. The highest BCUT2D eigenvalue weighted by atomic mass is 16.5. The second-order valence-electron chi connectivity index (χ2n) is 10.0. The average Bonchev–Trinajstić information content (AvgIpc) is 2.92. The maximum absolute atomic E-state index is 13.3. The summed E-state index contributed by atoms with van der Waals surface area (Å²) in [6.45, 7) is 5.93. The van der Waals surface area contributed by atoms with E-state index in [4.69, 9.17) is 4.74 Å². The molecule has 0 aromatic heterocycles. The van der Waals surface area contributed by atoms with Crippen molar-refractivity contribution in [3.05, 3.63) is 65.7 Å². The van der Waals surface area contributed by atoms with E-state index in [9.17, 15) is 14.4 Å². The van der Waals surface area contributed by atoms with Gasteiger partial charge in [-0.1, -0.05) is 69.3 Å². The third-order valence-corrected chi connectivity index (χ3v) is 6.35. The van der Waals surface area contributed by atoms with Gasteiger partial charge < -0.3 is 10.1 Å². The van der Waals surface area contributed by atoms with E-state index in [2.05, 4.69) is 26.1 Å². The van der Waals surface area contributed by atoms with Gasteiger partial charge in [0.05, 0.1) is 0 Å². The lowest BCUT2D eigenvalue weighted by Crippen LogP contribution is -2.54. The van der Waals surface area contributed by atoms with Crippen LogP contribution in [0.4, 0.5) is 4.79 Å². The molecule has 2 aromatic carbocycles. The number of nitrogens with zero attached hydrogens (tertiary/aromatic N) is 1. The van der Waals surface area contributed by atoms with E-state index < -0.39 is 24.1 Å². The van der Waals surface area contributed by atoms with Crippen LogP contribution in [0.3, 0.4) is 0 Å². The van der Waals surface area contributed by atoms with E-state index in [1.165, 1.54) is 0 Å². The Kier molecular flexibility index (Phi) is 5.80. The Morgan fingerprint density at radius 2 is 1.75 bits per heavy atom. The molecule has 1 saturated carbocycles. The van der Waals surface area contributed by atoms with Crippen molar-refractivity contribution in [2.75, 3.05) is 6.54 Å². The number of carbonyl (C=O) groups is 3. The molecule has 2 unspecified atom stereocenters. The Morgan fingerprint density at radius 1 is 1.06 bits per heavy atom. The molecule has 2 fully saturated rings. The van der Waals surface area contributed by atoms with Crippen LogP contribution < -0.4 is 10.1 Å². The van der Waals surface area contributed by atoms with Crippen molar-refractivity contribution in [3.63, 3.8) is 0 Å². The third kappa shape index (κ3) is 4.54. The maximum atomic E-state index is 13.3. The molecule has 4 rings (SSSR count). The van der Waals surface area contributed by atoms with Gasteiger partial charge in [-0.2, -0.15) is 0 Å². The van der Waals surface area contributed by atoms with Crippen molar-refractivity contribution in [2.45, 2.75) is 52.0 Å². The van der Waals surface area contributed by atoms with Crippen molar-refractivity contribution >= 4 is 17.9 Å². The molecule has 1 aliphatic carbocycles. The molecule has 1 N–H and O–H groups in total. The van der Waals surface area contributed by atoms with Crippen LogP contribution in [0.5, 0.6) is 5.75 Å². The molecular formula is C26H30N2O4. The second kappa shape index (κ2) is 8.41. The third-order valence-electron chi connectivity index (χ3n) is 6.35. The maximum Gasteiger partial charge on any atom is 0.331 e. The standard InChI is InChI=1S/C26H30N2O4/c1-18-14-25(2,3)17-26(15-18)23(30)28(24(31)27-26)16-22(29)32-21-12-8-7-11-20(21)13-19-9-5-4-6-10-19/h4-12,18H,13-17H2,1-3H3,(H,27,31). The van der Waals surface area contributed by atoms with E-state index in [0.717, 1.165) is 22.4 Å². The number of carbonyl (C=O) groups excluding carboxylic acids is 3. The number of esters is 1. The summed E-state index contributed by atoms with van der Waals surface area (Å²) in [5.41, 5.74) is 0.974. The van der Waals surface area contributed by atoms with E-state index in [0.29, 0.717) is 30.9 Å². The topological polar surface area (TPSA) is 75.7 Å². The Bertz CT molecular complexity index is 1030. The van der Waals surface area contributed by atoms with Crippen LogP contribution >= 0.6 is 0 Å². The number of amides is 3. The van der Waals surface area contributed by atoms with Crippen LogP contribution in [-0.4, -0.2) is 34.9 Å². The highest BCUT2D eigenvalue weighted by Crippen LogP contribution is 2.46. The number of nitrogens with one attached hydrogen (secondary N) is 1. The number of benzene rings is 2. The highest BCUT2D eigenvalue weighted by Gasteiger charge is 2.56. The Balaban J connectivity index is 1.46. The van der Waals surface area contributed by atoms with Crippen LogP contribution in [0.1, 0.15) is 51.2 Å². The summed E-state index contributed by atoms with van der Waals surface area (Å²) in [7, 11) is 0. The summed E-state index contributed by atoms with van der Waals surface area (Å²) < 4.78 is 5.60. The Hall–Kier alpha value is -3.15.